The Morgan fingerprint density at radius 1 is 0.630 bits per heavy atom. The predicted octanol–water partition coefficient (Wildman–Crippen LogP) is 1.88. The second-order valence-corrected chi connectivity index (χ2v) is 9.71. The number of thioether (sulfide) groups is 3. The average Bonchev–Trinajstić information content (AvgIpc) is 2.61. The Hall–Kier alpha value is -0.540. The van der Waals surface area contributed by atoms with Crippen molar-refractivity contribution in [3.05, 3.63) is 0 Å². The van der Waals surface area contributed by atoms with Crippen LogP contribution in [-0.2, 0) is 14.4 Å². The first kappa shape index (κ1) is 24.5. The summed E-state index contributed by atoms with van der Waals surface area (Å²) in [6.45, 7) is 0. The van der Waals surface area contributed by atoms with E-state index < -0.39 is 0 Å². The minimum Gasteiger partial charge on any atom is -0.353 e. The van der Waals surface area contributed by atoms with Crippen molar-refractivity contribution >= 4 is 53.0 Å². The van der Waals surface area contributed by atoms with E-state index in [0.29, 0.717) is 0 Å². The largest absolute Gasteiger partial charge is 0.353 e. The maximum atomic E-state index is 12.5. The van der Waals surface area contributed by atoms with Gasteiger partial charge in [0, 0.05) is 37.4 Å². The van der Waals surface area contributed by atoms with E-state index in [4.69, 9.17) is 0 Å². The number of hydrogen-bond acceptors (Lipinski definition) is 6. The lowest BCUT2D eigenvalue weighted by Crippen LogP contribution is -2.48. The molecule has 0 bridgehead atoms. The average molecular weight is 436 g/mol. The van der Waals surface area contributed by atoms with Gasteiger partial charge in [-0.1, -0.05) is 0 Å². The molecule has 156 valence electrons. The highest BCUT2D eigenvalue weighted by Crippen LogP contribution is 2.12. The molecule has 1 rings (SSSR count). The summed E-state index contributed by atoms with van der Waals surface area (Å²) in [6, 6.07) is -0.493. The van der Waals surface area contributed by atoms with Gasteiger partial charge in [0.25, 0.3) is 0 Å². The van der Waals surface area contributed by atoms with E-state index in [-0.39, 0.29) is 55.1 Å². The second kappa shape index (κ2) is 14.5. The SMILES string of the molecule is CSCCC1CC(=O)NC(CCSC)CC(=O)NC(CCSC)CC(=O)N1. The molecular formula is C18H33N3O3S3. The van der Waals surface area contributed by atoms with Crippen molar-refractivity contribution in [2.75, 3.05) is 36.0 Å². The van der Waals surface area contributed by atoms with Crippen LogP contribution in [0.15, 0.2) is 0 Å². The van der Waals surface area contributed by atoms with E-state index in [0.717, 1.165) is 36.5 Å². The van der Waals surface area contributed by atoms with Crippen molar-refractivity contribution in [2.45, 2.75) is 56.7 Å². The molecule has 0 aromatic heterocycles. The molecule has 1 aliphatic heterocycles. The van der Waals surface area contributed by atoms with Gasteiger partial charge < -0.3 is 16.0 Å². The predicted molar refractivity (Wildman–Crippen MR) is 119 cm³/mol. The van der Waals surface area contributed by atoms with Crippen LogP contribution in [0.3, 0.4) is 0 Å². The van der Waals surface area contributed by atoms with Gasteiger partial charge in [-0.05, 0) is 55.3 Å². The molecule has 1 saturated heterocycles. The third-order valence-corrected chi connectivity index (χ3v) is 6.33. The summed E-state index contributed by atoms with van der Waals surface area (Å²) in [7, 11) is 0. The fourth-order valence-corrected chi connectivity index (χ4v) is 4.55. The standard InChI is InChI=1S/C18H33N3O3S3/c1-25-7-4-13-10-16(22)20-15(6-9-27-3)12-18(24)21-14(5-8-26-2)11-17(23)19-13/h13-15H,4-12H2,1-3H3,(H,19,23)(H,20,22)(H,21,24). The molecule has 0 aliphatic carbocycles. The van der Waals surface area contributed by atoms with E-state index in [1.165, 1.54) is 0 Å². The first-order valence-corrected chi connectivity index (χ1v) is 13.5. The quantitative estimate of drug-likeness (QED) is 0.513. The summed E-state index contributed by atoms with van der Waals surface area (Å²) in [5, 5.41) is 9.01. The Labute approximate surface area is 175 Å². The van der Waals surface area contributed by atoms with E-state index in [1.54, 1.807) is 35.3 Å². The van der Waals surface area contributed by atoms with Crippen molar-refractivity contribution < 1.29 is 14.4 Å². The van der Waals surface area contributed by atoms with Crippen LogP contribution in [0.4, 0.5) is 0 Å². The number of carbonyl (C=O) groups excluding carboxylic acids is 3. The first-order valence-electron chi connectivity index (χ1n) is 9.33. The van der Waals surface area contributed by atoms with Gasteiger partial charge in [-0.3, -0.25) is 14.4 Å². The van der Waals surface area contributed by atoms with Crippen molar-refractivity contribution in [1.82, 2.24) is 16.0 Å². The van der Waals surface area contributed by atoms with Crippen LogP contribution in [0.1, 0.15) is 38.5 Å². The highest BCUT2D eigenvalue weighted by atomic mass is 32.2. The zero-order valence-corrected chi connectivity index (χ0v) is 19.0. The first-order chi connectivity index (χ1) is 13.0. The van der Waals surface area contributed by atoms with Crippen molar-refractivity contribution in [1.29, 1.82) is 0 Å². The molecule has 3 unspecified atom stereocenters. The fourth-order valence-electron chi connectivity index (χ4n) is 2.99. The molecule has 1 aliphatic rings. The summed E-state index contributed by atoms with van der Waals surface area (Å²) in [6.07, 6.45) is 9.13. The Kier molecular flexibility index (Phi) is 13.1. The van der Waals surface area contributed by atoms with Crippen LogP contribution in [-0.4, -0.2) is 71.9 Å². The van der Waals surface area contributed by atoms with Crippen LogP contribution >= 0.6 is 35.3 Å². The molecule has 1 heterocycles. The Morgan fingerprint density at radius 3 is 1.11 bits per heavy atom. The number of carbonyl (C=O) groups is 3. The van der Waals surface area contributed by atoms with Crippen LogP contribution in [0, 0.1) is 0 Å². The summed E-state index contributed by atoms with van der Waals surface area (Å²) >= 11 is 5.11. The van der Waals surface area contributed by atoms with Gasteiger partial charge >= 0.3 is 0 Å². The number of hydrogen-bond donors (Lipinski definition) is 3. The molecule has 1 fully saturated rings. The summed E-state index contributed by atoms with van der Waals surface area (Å²) in [5.74, 6) is 2.38. The van der Waals surface area contributed by atoms with Gasteiger partial charge in [0.1, 0.15) is 0 Å². The molecule has 0 radical (unpaired) electrons. The third kappa shape index (κ3) is 11.1. The Morgan fingerprint density at radius 2 is 0.889 bits per heavy atom. The lowest BCUT2D eigenvalue weighted by atomic mass is 10.0. The third-order valence-electron chi connectivity index (χ3n) is 4.40. The second-order valence-electron chi connectivity index (χ2n) is 6.75. The lowest BCUT2D eigenvalue weighted by molar-refractivity contribution is -0.126. The zero-order chi connectivity index (χ0) is 20.1. The molecule has 9 heteroatoms. The van der Waals surface area contributed by atoms with E-state index in [2.05, 4.69) is 16.0 Å². The van der Waals surface area contributed by atoms with E-state index >= 15 is 0 Å². The zero-order valence-electron chi connectivity index (χ0n) is 16.5. The van der Waals surface area contributed by atoms with Gasteiger partial charge in [0.15, 0.2) is 0 Å². The summed E-state index contributed by atoms with van der Waals surface area (Å²) in [5.41, 5.74) is 0. The molecule has 27 heavy (non-hydrogen) atoms. The minimum absolute atomic E-state index is 0.0974. The molecule has 0 aromatic carbocycles. The molecule has 3 amide bonds. The molecular weight excluding hydrogens is 402 g/mol. The smallest absolute Gasteiger partial charge is 0.222 e. The Bertz CT molecular complexity index is 389. The van der Waals surface area contributed by atoms with Crippen molar-refractivity contribution in [3.63, 3.8) is 0 Å². The van der Waals surface area contributed by atoms with Gasteiger partial charge in [0.2, 0.25) is 17.7 Å². The Balaban J connectivity index is 2.88. The van der Waals surface area contributed by atoms with Crippen LogP contribution < -0.4 is 16.0 Å². The van der Waals surface area contributed by atoms with Crippen LogP contribution in [0.5, 0.6) is 0 Å². The van der Waals surface area contributed by atoms with E-state index in [1.807, 2.05) is 18.8 Å². The molecule has 0 saturated carbocycles. The summed E-state index contributed by atoms with van der Waals surface area (Å²) in [4.78, 5) is 37.4. The number of nitrogens with one attached hydrogen (secondary N) is 3. The highest BCUT2D eigenvalue weighted by molar-refractivity contribution is 7.98. The maximum Gasteiger partial charge on any atom is 0.222 e. The minimum atomic E-state index is -0.164. The number of amides is 3. The van der Waals surface area contributed by atoms with Gasteiger partial charge in [0.05, 0.1) is 0 Å². The van der Waals surface area contributed by atoms with Gasteiger partial charge in [-0.15, -0.1) is 0 Å². The van der Waals surface area contributed by atoms with Gasteiger partial charge in [-0.2, -0.15) is 35.3 Å². The monoisotopic (exact) mass is 435 g/mol. The molecule has 0 spiro atoms. The van der Waals surface area contributed by atoms with Crippen LogP contribution in [0.25, 0.3) is 0 Å². The lowest BCUT2D eigenvalue weighted by Gasteiger charge is -2.26. The van der Waals surface area contributed by atoms with E-state index in [9.17, 15) is 14.4 Å². The summed E-state index contributed by atoms with van der Waals surface area (Å²) < 4.78 is 0. The van der Waals surface area contributed by atoms with Crippen molar-refractivity contribution in [3.8, 4) is 0 Å². The molecule has 0 aromatic rings. The van der Waals surface area contributed by atoms with Crippen LogP contribution in [0.2, 0.25) is 0 Å². The molecule has 3 atom stereocenters. The fraction of sp³-hybridized carbons (Fsp3) is 0.833. The molecule has 3 N–H and O–H groups in total. The highest BCUT2D eigenvalue weighted by Gasteiger charge is 2.25. The maximum absolute atomic E-state index is 12.5. The van der Waals surface area contributed by atoms with Crippen molar-refractivity contribution in [2.24, 2.45) is 0 Å². The molecule has 6 nitrogen and oxygen atoms in total. The van der Waals surface area contributed by atoms with Gasteiger partial charge in [-0.25, -0.2) is 0 Å². The topological polar surface area (TPSA) is 87.3 Å². The number of rotatable bonds is 9. The normalized spacial score (nSPS) is 25.0.